The van der Waals surface area contributed by atoms with Crippen LogP contribution in [0.4, 0.5) is 0 Å². The minimum absolute atomic E-state index is 0.0678. The van der Waals surface area contributed by atoms with Gasteiger partial charge in [-0.1, -0.05) is 6.92 Å². The van der Waals surface area contributed by atoms with Crippen LogP contribution >= 0.6 is 0 Å². The van der Waals surface area contributed by atoms with Gasteiger partial charge >= 0.3 is 5.97 Å². The van der Waals surface area contributed by atoms with E-state index in [0.29, 0.717) is 6.54 Å². The Morgan fingerprint density at radius 1 is 1.40 bits per heavy atom. The van der Waals surface area contributed by atoms with Gasteiger partial charge in [0.15, 0.2) is 0 Å². The molecule has 90 valence electrons. The molecule has 0 atom stereocenters. The van der Waals surface area contributed by atoms with Crippen LogP contribution in [-0.2, 0) is 15.0 Å². The average Bonchev–Trinajstić information content (AvgIpc) is 1.98. The van der Waals surface area contributed by atoms with E-state index in [1.54, 1.807) is 20.8 Å². The van der Waals surface area contributed by atoms with E-state index in [1.165, 1.54) is 0 Å². The van der Waals surface area contributed by atoms with Crippen LogP contribution in [0.5, 0.6) is 0 Å². The second-order valence-electron chi connectivity index (χ2n) is 3.88. The van der Waals surface area contributed by atoms with Crippen LogP contribution in [0.2, 0.25) is 0 Å². The Hall–Kier alpha value is -0.660. The highest BCUT2D eigenvalue weighted by Gasteiger charge is 2.24. The van der Waals surface area contributed by atoms with Crippen LogP contribution in [0, 0.1) is 0 Å². The number of rotatable bonds is 7. The molecule has 0 aliphatic carbocycles. The zero-order valence-corrected chi connectivity index (χ0v) is 10.0. The minimum atomic E-state index is -3.53. The van der Waals surface area contributed by atoms with Gasteiger partial charge in [0.05, 0.1) is 0 Å². The Balaban J connectivity index is 4.30. The summed E-state index contributed by atoms with van der Waals surface area (Å²) in [4.78, 5) is 10.3. The summed E-state index contributed by atoms with van der Waals surface area (Å²) in [6.45, 7) is 5.25. The monoisotopic (exact) mass is 238 g/mol. The molecular weight excluding hydrogens is 220 g/mol. The van der Waals surface area contributed by atoms with E-state index in [4.69, 9.17) is 5.11 Å². The van der Waals surface area contributed by atoms with Gasteiger partial charge in [0, 0.05) is 18.5 Å². The van der Waals surface area contributed by atoms with Crippen molar-refractivity contribution in [1.82, 2.24) is 9.44 Å². The number of carboxylic acids is 1. The molecule has 0 rings (SSSR count). The highest BCUT2D eigenvalue weighted by molar-refractivity contribution is 7.87. The Labute approximate surface area is 90.2 Å². The van der Waals surface area contributed by atoms with E-state index >= 15 is 0 Å². The molecule has 0 fully saturated rings. The van der Waals surface area contributed by atoms with Crippen molar-refractivity contribution in [3.8, 4) is 0 Å². The molecule has 0 unspecified atom stereocenters. The molecule has 0 aliphatic rings. The van der Waals surface area contributed by atoms with Gasteiger partial charge in [-0.05, 0) is 20.3 Å². The van der Waals surface area contributed by atoms with E-state index < -0.39 is 21.7 Å². The molecule has 15 heavy (non-hydrogen) atoms. The standard InChI is InChI=1S/C8H18N2O4S/c1-4-9-15(13,14)10-8(2,3)6-5-7(11)12/h9-10H,4-6H2,1-3H3,(H,11,12). The summed E-state index contributed by atoms with van der Waals surface area (Å²) in [5.41, 5.74) is -0.764. The van der Waals surface area contributed by atoms with Gasteiger partial charge in [0.2, 0.25) is 0 Å². The highest BCUT2D eigenvalue weighted by atomic mass is 32.2. The number of carboxylic acid groups (broad SMARTS) is 1. The van der Waals surface area contributed by atoms with Crippen molar-refractivity contribution >= 4 is 16.2 Å². The van der Waals surface area contributed by atoms with E-state index in [0.717, 1.165) is 0 Å². The highest BCUT2D eigenvalue weighted by Crippen LogP contribution is 2.12. The molecule has 0 spiro atoms. The molecule has 0 saturated heterocycles. The van der Waals surface area contributed by atoms with Gasteiger partial charge in [0.1, 0.15) is 0 Å². The first-order valence-corrected chi connectivity index (χ1v) is 6.17. The topological polar surface area (TPSA) is 95.5 Å². The van der Waals surface area contributed by atoms with E-state index in [1.807, 2.05) is 0 Å². The predicted molar refractivity (Wildman–Crippen MR) is 56.7 cm³/mol. The lowest BCUT2D eigenvalue weighted by Gasteiger charge is -2.25. The van der Waals surface area contributed by atoms with Crippen LogP contribution in [0.15, 0.2) is 0 Å². The van der Waals surface area contributed by atoms with Crippen LogP contribution < -0.4 is 9.44 Å². The first-order chi connectivity index (χ1) is 6.68. The van der Waals surface area contributed by atoms with Crippen molar-refractivity contribution in [2.75, 3.05) is 6.54 Å². The normalized spacial score (nSPS) is 12.7. The van der Waals surface area contributed by atoms with Crippen LogP contribution in [0.3, 0.4) is 0 Å². The zero-order chi connectivity index (χ0) is 12.1. The first-order valence-electron chi connectivity index (χ1n) is 4.69. The molecule has 7 heteroatoms. The van der Waals surface area contributed by atoms with Crippen molar-refractivity contribution < 1.29 is 18.3 Å². The maximum atomic E-state index is 11.3. The lowest BCUT2D eigenvalue weighted by molar-refractivity contribution is -0.137. The minimum Gasteiger partial charge on any atom is -0.481 e. The number of hydrogen-bond acceptors (Lipinski definition) is 3. The third-order valence-corrected chi connectivity index (χ3v) is 3.20. The number of aliphatic carboxylic acids is 1. The largest absolute Gasteiger partial charge is 0.481 e. The molecule has 0 aromatic carbocycles. The molecule has 0 aromatic rings. The molecule has 0 amide bonds. The summed E-state index contributed by atoms with van der Waals surface area (Å²) in [6, 6.07) is 0. The summed E-state index contributed by atoms with van der Waals surface area (Å²) in [6.07, 6.45) is 0.175. The van der Waals surface area contributed by atoms with Gasteiger partial charge < -0.3 is 5.11 Å². The summed E-state index contributed by atoms with van der Waals surface area (Å²) in [5.74, 6) is -0.939. The second-order valence-corrected chi connectivity index (χ2v) is 5.38. The quantitative estimate of drug-likeness (QED) is 0.585. The van der Waals surface area contributed by atoms with Crippen molar-refractivity contribution in [2.24, 2.45) is 0 Å². The molecule has 0 bridgehead atoms. The van der Waals surface area contributed by atoms with Gasteiger partial charge in [-0.25, -0.2) is 4.72 Å². The number of nitrogens with one attached hydrogen (secondary N) is 2. The van der Waals surface area contributed by atoms with Gasteiger partial charge in [-0.15, -0.1) is 0 Å². The summed E-state index contributed by atoms with van der Waals surface area (Å²) < 4.78 is 27.3. The zero-order valence-electron chi connectivity index (χ0n) is 9.20. The third kappa shape index (κ3) is 7.29. The van der Waals surface area contributed by atoms with Gasteiger partial charge in [-0.2, -0.15) is 13.1 Å². The lowest BCUT2D eigenvalue weighted by Crippen LogP contribution is -2.48. The number of hydrogen-bond donors (Lipinski definition) is 3. The van der Waals surface area contributed by atoms with Crippen LogP contribution in [0.25, 0.3) is 0 Å². The Morgan fingerprint density at radius 2 is 1.93 bits per heavy atom. The van der Waals surface area contributed by atoms with Crippen molar-refractivity contribution in [2.45, 2.75) is 39.2 Å². The van der Waals surface area contributed by atoms with Gasteiger partial charge in [0.25, 0.3) is 10.2 Å². The van der Waals surface area contributed by atoms with Crippen molar-refractivity contribution in [1.29, 1.82) is 0 Å². The fourth-order valence-electron chi connectivity index (χ4n) is 1.06. The first kappa shape index (κ1) is 14.3. The molecule has 3 N–H and O–H groups in total. The van der Waals surface area contributed by atoms with E-state index in [2.05, 4.69) is 9.44 Å². The summed E-state index contributed by atoms with van der Waals surface area (Å²) in [5, 5.41) is 8.49. The lowest BCUT2D eigenvalue weighted by atomic mass is 10.0. The molecule has 0 aromatic heterocycles. The smallest absolute Gasteiger partial charge is 0.303 e. The van der Waals surface area contributed by atoms with Crippen molar-refractivity contribution in [3.05, 3.63) is 0 Å². The van der Waals surface area contributed by atoms with Gasteiger partial charge in [-0.3, -0.25) is 4.79 Å². The second kappa shape index (κ2) is 5.43. The van der Waals surface area contributed by atoms with E-state index in [-0.39, 0.29) is 12.8 Å². The SMILES string of the molecule is CCNS(=O)(=O)NC(C)(C)CCC(=O)O. The Kier molecular flexibility index (Phi) is 5.19. The molecule has 0 radical (unpaired) electrons. The van der Waals surface area contributed by atoms with Crippen LogP contribution in [-0.4, -0.2) is 31.6 Å². The van der Waals surface area contributed by atoms with Crippen LogP contribution in [0.1, 0.15) is 33.6 Å². The fourth-order valence-corrected chi connectivity index (χ4v) is 2.34. The average molecular weight is 238 g/mol. The molecule has 0 heterocycles. The predicted octanol–water partition coefficient (Wildman–Crippen LogP) is 0.0737. The summed E-state index contributed by atoms with van der Waals surface area (Å²) >= 11 is 0. The molecule has 6 nitrogen and oxygen atoms in total. The third-order valence-electron chi connectivity index (χ3n) is 1.71. The number of carbonyl (C=O) groups is 1. The molecule has 0 aliphatic heterocycles. The Bertz CT molecular complexity index is 311. The maximum absolute atomic E-state index is 11.3. The van der Waals surface area contributed by atoms with E-state index in [9.17, 15) is 13.2 Å². The van der Waals surface area contributed by atoms with Crippen molar-refractivity contribution in [3.63, 3.8) is 0 Å². The molecule has 0 saturated carbocycles. The molecular formula is C8H18N2O4S. The fraction of sp³-hybridized carbons (Fsp3) is 0.875. The summed E-state index contributed by atoms with van der Waals surface area (Å²) in [7, 11) is -3.53. The maximum Gasteiger partial charge on any atom is 0.303 e. The Morgan fingerprint density at radius 3 is 2.33 bits per heavy atom.